The van der Waals surface area contributed by atoms with Gasteiger partial charge in [-0.05, 0) is 34.6 Å². The van der Waals surface area contributed by atoms with E-state index in [1.807, 2.05) is 4.90 Å². The second-order valence-electron chi connectivity index (χ2n) is 8.66. The molecule has 1 aromatic heterocycles. The van der Waals surface area contributed by atoms with Crippen LogP contribution in [0, 0.1) is 5.82 Å². The number of piperazine rings is 1. The molecule has 0 bridgehead atoms. The summed E-state index contributed by atoms with van der Waals surface area (Å²) in [6.45, 7) is 4.94. The molecule has 0 unspecified atom stereocenters. The zero-order valence-electron chi connectivity index (χ0n) is 19.1. The van der Waals surface area contributed by atoms with Crippen LogP contribution in [-0.4, -0.2) is 77.7 Å². The monoisotopic (exact) mass is 484 g/mol. The number of nitrogens with zero attached hydrogens (tertiary/aromatic N) is 5. The lowest BCUT2D eigenvalue weighted by Gasteiger charge is -2.36. The molecule has 2 N–H and O–H groups in total. The number of benzene rings is 2. The molecule has 2 aliphatic rings. The first-order chi connectivity index (χ1) is 16.9. The highest BCUT2D eigenvalue weighted by Gasteiger charge is 2.33. The van der Waals surface area contributed by atoms with Gasteiger partial charge in [0.15, 0.2) is 11.3 Å². The highest BCUT2D eigenvalue weighted by atomic mass is 19.1. The van der Waals surface area contributed by atoms with Crippen molar-refractivity contribution >= 4 is 34.4 Å². The van der Waals surface area contributed by atoms with E-state index in [0.29, 0.717) is 55.1 Å². The predicted molar refractivity (Wildman–Crippen MR) is 124 cm³/mol. The van der Waals surface area contributed by atoms with Crippen LogP contribution in [0.15, 0.2) is 35.0 Å². The van der Waals surface area contributed by atoms with Gasteiger partial charge >= 0.3 is 6.09 Å². The minimum atomic E-state index is -0.566. The summed E-state index contributed by atoms with van der Waals surface area (Å²) < 4.78 is 25.0. The molecule has 2 aliphatic heterocycles. The molecule has 35 heavy (non-hydrogen) atoms. The molecule has 5 rings (SSSR count). The third-order valence-corrected chi connectivity index (χ3v) is 6.29. The van der Waals surface area contributed by atoms with Crippen LogP contribution in [0.2, 0.25) is 0 Å². The second-order valence-corrected chi connectivity index (χ2v) is 8.66. The first-order valence-electron chi connectivity index (χ1n) is 11.3. The number of anilines is 2. The van der Waals surface area contributed by atoms with Gasteiger partial charge in [0, 0.05) is 45.2 Å². The van der Waals surface area contributed by atoms with Gasteiger partial charge in [-0.25, -0.2) is 13.8 Å². The number of ether oxygens (including phenoxy) is 1. The first-order valence-corrected chi connectivity index (χ1v) is 11.3. The van der Waals surface area contributed by atoms with Crippen molar-refractivity contribution in [1.82, 2.24) is 20.5 Å². The fourth-order valence-electron chi connectivity index (χ4n) is 4.41. The average Bonchev–Trinajstić information content (AvgIpc) is 3.47. The molecule has 11 nitrogen and oxygen atoms in total. The highest BCUT2D eigenvalue weighted by Crippen LogP contribution is 2.30. The van der Waals surface area contributed by atoms with E-state index >= 15 is 4.39 Å². The van der Waals surface area contributed by atoms with E-state index in [1.165, 1.54) is 17.9 Å². The molecule has 0 aliphatic carbocycles. The van der Waals surface area contributed by atoms with Crippen molar-refractivity contribution in [1.29, 1.82) is 0 Å². The van der Waals surface area contributed by atoms with Crippen LogP contribution in [0.25, 0.3) is 11.0 Å². The number of fused-ring (bicyclic) bond motifs is 1. The second kappa shape index (κ2) is 9.37. The molecule has 0 radical (unpaired) electrons. The molecule has 3 aromatic rings. The summed E-state index contributed by atoms with van der Waals surface area (Å²) in [5, 5.41) is 20.5. The number of carbonyl (C=O) groups excluding carboxylic acids is 2. The quantitative estimate of drug-likeness (QED) is 0.539. The number of aromatic nitrogens is 2. The normalized spacial score (nSPS) is 18.8. The number of aromatic hydroxyl groups is 1. The number of hydrogen-bond donors (Lipinski definition) is 2. The minimum Gasteiger partial charge on any atom is -0.505 e. The summed E-state index contributed by atoms with van der Waals surface area (Å²) in [7, 11) is 0. The molecular formula is C23H25FN6O5. The molecule has 184 valence electrons. The van der Waals surface area contributed by atoms with Crippen LogP contribution in [0.4, 0.5) is 20.6 Å². The Balaban J connectivity index is 1.20. The number of nitrogens with one attached hydrogen (secondary N) is 1. The molecule has 12 heteroatoms. The van der Waals surface area contributed by atoms with Crippen LogP contribution in [0.1, 0.15) is 12.5 Å². The van der Waals surface area contributed by atoms with Crippen molar-refractivity contribution < 1.29 is 28.5 Å². The molecule has 2 amide bonds. The zero-order valence-corrected chi connectivity index (χ0v) is 19.1. The van der Waals surface area contributed by atoms with E-state index in [9.17, 15) is 14.7 Å². The first kappa shape index (κ1) is 22.8. The lowest BCUT2D eigenvalue weighted by Crippen LogP contribution is -2.46. The average molecular weight is 484 g/mol. The highest BCUT2D eigenvalue weighted by molar-refractivity contribution is 5.90. The number of phenols is 1. The van der Waals surface area contributed by atoms with Crippen molar-refractivity contribution in [2.45, 2.75) is 19.6 Å². The van der Waals surface area contributed by atoms with E-state index in [2.05, 4.69) is 25.2 Å². The summed E-state index contributed by atoms with van der Waals surface area (Å²) in [5.41, 5.74) is 2.45. The third-order valence-electron chi connectivity index (χ3n) is 6.29. The number of cyclic esters (lactones) is 1. The fraction of sp³-hybridized carbons (Fsp3) is 0.391. The summed E-state index contributed by atoms with van der Waals surface area (Å²) in [6.07, 6.45) is -1.05. The van der Waals surface area contributed by atoms with Crippen LogP contribution < -0.4 is 15.1 Å². The van der Waals surface area contributed by atoms with Crippen molar-refractivity contribution in [2.24, 2.45) is 0 Å². The van der Waals surface area contributed by atoms with E-state index < -0.39 is 18.0 Å². The van der Waals surface area contributed by atoms with Crippen LogP contribution in [-0.2, 0) is 16.1 Å². The van der Waals surface area contributed by atoms with Crippen LogP contribution in [0.5, 0.6) is 5.75 Å². The molecule has 2 aromatic carbocycles. The van der Waals surface area contributed by atoms with Crippen LogP contribution >= 0.6 is 0 Å². The number of hydrogen-bond acceptors (Lipinski definition) is 9. The van der Waals surface area contributed by atoms with Crippen LogP contribution in [0.3, 0.4) is 0 Å². The standard InChI is InChI=1S/C23H25FN6O5/c1-14(31)25-11-17-13-30(23(33)34-17)16-3-5-20(18(24)10-16)29-8-6-28(7-9-29)12-15-2-4-19-21(22(15)32)27-35-26-19/h2-5,10,17,32H,6-9,11-13H2,1H3,(H,25,31)/t17-/m0/s1. The topological polar surface area (TPSA) is 124 Å². The van der Waals surface area contributed by atoms with Gasteiger partial charge in [0.05, 0.1) is 24.5 Å². The van der Waals surface area contributed by atoms with Gasteiger partial charge in [-0.3, -0.25) is 14.6 Å². The maximum atomic E-state index is 15.0. The Bertz CT molecular complexity index is 1260. The lowest BCUT2D eigenvalue weighted by molar-refractivity contribution is -0.119. The molecule has 1 atom stereocenters. The van der Waals surface area contributed by atoms with E-state index in [0.717, 1.165) is 5.56 Å². The number of rotatable bonds is 6. The zero-order chi connectivity index (χ0) is 24.5. The predicted octanol–water partition coefficient (Wildman–Crippen LogP) is 1.85. The van der Waals surface area contributed by atoms with Gasteiger partial charge < -0.3 is 20.1 Å². The smallest absolute Gasteiger partial charge is 0.414 e. The number of phenolic OH excluding ortho intramolecular Hbond substituents is 1. The van der Waals surface area contributed by atoms with Gasteiger partial charge in [0.1, 0.15) is 17.4 Å². The van der Waals surface area contributed by atoms with Gasteiger partial charge in [-0.2, -0.15) is 0 Å². The molecular weight excluding hydrogens is 459 g/mol. The van der Waals surface area contributed by atoms with Crippen molar-refractivity contribution in [3.8, 4) is 5.75 Å². The maximum Gasteiger partial charge on any atom is 0.414 e. The Morgan fingerprint density at radius 2 is 2.00 bits per heavy atom. The molecule has 3 heterocycles. The summed E-state index contributed by atoms with van der Waals surface area (Å²) in [4.78, 5) is 28.8. The number of halogens is 1. The largest absolute Gasteiger partial charge is 0.505 e. The fourth-order valence-corrected chi connectivity index (χ4v) is 4.41. The molecule has 2 fully saturated rings. The van der Waals surface area contributed by atoms with Gasteiger partial charge in [0.25, 0.3) is 0 Å². The Hall–Kier alpha value is -3.93. The summed E-state index contributed by atoms with van der Waals surface area (Å²) >= 11 is 0. The SMILES string of the molecule is CC(=O)NC[C@H]1CN(c2ccc(N3CCN(Cc4ccc5nonc5c4O)CC3)c(F)c2)C(=O)O1. The van der Waals surface area contributed by atoms with Gasteiger partial charge in [0.2, 0.25) is 5.91 Å². The Morgan fingerprint density at radius 3 is 2.74 bits per heavy atom. The van der Waals surface area contributed by atoms with Crippen molar-refractivity contribution in [2.75, 3.05) is 49.1 Å². The van der Waals surface area contributed by atoms with E-state index in [-0.39, 0.29) is 24.7 Å². The van der Waals surface area contributed by atoms with Gasteiger partial charge in [-0.1, -0.05) is 6.07 Å². The lowest BCUT2D eigenvalue weighted by atomic mass is 10.1. The third kappa shape index (κ3) is 4.69. The van der Waals surface area contributed by atoms with Gasteiger partial charge in [-0.15, -0.1) is 0 Å². The Morgan fingerprint density at radius 1 is 1.20 bits per heavy atom. The molecule has 2 saturated heterocycles. The molecule has 0 spiro atoms. The van der Waals surface area contributed by atoms with E-state index in [1.54, 1.807) is 24.3 Å². The number of amides is 2. The summed E-state index contributed by atoms with van der Waals surface area (Å²) in [5.74, 6) is -0.566. The van der Waals surface area contributed by atoms with Crippen molar-refractivity contribution in [3.63, 3.8) is 0 Å². The Labute approximate surface area is 200 Å². The minimum absolute atomic E-state index is 0.0626. The number of carbonyl (C=O) groups is 2. The van der Waals surface area contributed by atoms with E-state index in [4.69, 9.17) is 4.74 Å². The molecule has 0 saturated carbocycles. The maximum absolute atomic E-state index is 15.0. The summed E-state index contributed by atoms with van der Waals surface area (Å²) in [6, 6.07) is 8.27. The van der Waals surface area contributed by atoms with Crippen molar-refractivity contribution in [3.05, 3.63) is 41.7 Å². The Kier molecular flexibility index (Phi) is 6.12.